The molecule has 1 saturated heterocycles. The van der Waals surface area contributed by atoms with Gasteiger partial charge in [0.2, 0.25) is 21.9 Å². The molecule has 0 bridgehead atoms. The van der Waals surface area contributed by atoms with Crippen LogP contribution in [0.3, 0.4) is 0 Å². The molecule has 2 aliphatic heterocycles. The standard InChI is InChI=1S/C25H28FN5O3S/c1-18-3-7-20(8-4-18)34-24-22-17-31(35(32,33)21-9-5-19(26)6-10-21)12-11-23(22)27-25(28-24)30-15-13-29(2)14-16-30/h3-10H,11-17H2,1-2H3. The Morgan fingerprint density at radius 2 is 1.60 bits per heavy atom. The molecule has 8 nitrogen and oxygen atoms in total. The molecule has 10 heteroatoms. The zero-order chi connectivity index (χ0) is 24.6. The largest absolute Gasteiger partial charge is 0.439 e. The summed E-state index contributed by atoms with van der Waals surface area (Å²) in [5.41, 5.74) is 2.55. The average Bonchev–Trinajstić information content (AvgIpc) is 2.86. The van der Waals surface area contributed by atoms with Crippen LogP contribution in [0.2, 0.25) is 0 Å². The van der Waals surface area contributed by atoms with Crippen molar-refractivity contribution in [3.05, 3.63) is 71.2 Å². The molecule has 2 aromatic carbocycles. The molecule has 0 atom stereocenters. The van der Waals surface area contributed by atoms with Crippen LogP contribution in [0.15, 0.2) is 53.4 Å². The van der Waals surface area contributed by atoms with E-state index >= 15 is 0 Å². The van der Waals surface area contributed by atoms with Gasteiger partial charge in [-0.25, -0.2) is 17.8 Å². The Hall–Kier alpha value is -3.08. The van der Waals surface area contributed by atoms with Crippen molar-refractivity contribution < 1.29 is 17.5 Å². The molecule has 3 heterocycles. The lowest BCUT2D eigenvalue weighted by molar-refractivity contribution is 0.310. The fourth-order valence-corrected chi connectivity index (χ4v) is 5.67. The van der Waals surface area contributed by atoms with Crippen LogP contribution >= 0.6 is 0 Å². The van der Waals surface area contributed by atoms with E-state index in [2.05, 4.69) is 16.8 Å². The summed E-state index contributed by atoms with van der Waals surface area (Å²) in [7, 11) is -1.72. The Kier molecular flexibility index (Phi) is 6.43. The van der Waals surface area contributed by atoms with Crippen LogP contribution in [-0.4, -0.2) is 67.4 Å². The number of hydrogen-bond acceptors (Lipinski definition) is 7. The summed E-state index contributed by atoms with van der Waals surface area (Å²) in [5, 5.41) is 0. The van der Waals surface area contributed by atoms with E-state index in [-0.39, 0.29) is 18.0 Å². The first-order valence-electron chi connectivity index (χ1n) is 11.6. The number of piperazine rings is 1. The topological polar surface area (TPSA) is 78.9 Å². The number of aromatic nitrogens is 2. The summed E-state index contributed by atoms with van der Waals surface area (Å²) >= 11 is 0. The minimum absolute atomic E-state index is 0.0540. The van der Waals surface area contributed by atoms with Gasteiger partial charge in [0.05, 0.1) is 16.2 Å². The number of benzene rings is 2. The number of halogens is 1. The maximum Gasteiger partial charge on any atom is 0.243 e. The second kappa shape index (κ2) is 9.52. The van der Waals surface area contributed by atoms with Gasteiger partial charge in [0.15, 0.2) is 0 Å². The van der Waals surface area contributed by atoms with Crippen LogP contribution in [0.25, 0.3) is 0 Å². The molecule has 0 amide bonds. The molecule has 1 aromatic heterocycles. The van der Waals surface area contributed by atoms with Gasteiger partial charge in [-0.1, -0.05) is 17.7 Å². The van der Waals surface area contributed by atoms with Crippen molar-refractivity contribution in [2.24, 2.45) is 0 Å². The molecule has 0 saturated carbocycles. The third-order valence-electron chi connectivity index (χ3n) is 6.45. The first-order chi connectivity index (χ1) is 16.8. The number of rotatable bonds is 5. The fourth-order valence-electron chi connectivity index (χ4n) is 4.26. The van der Waals surface area contributed by atoms with Gasteiger partial charge in [0, 0.05) is 45.7 Å². The number of sulfonamides is 1. The number of aryl methyl sites for hydroxylation is 1. The van der Waals surface area contributed by atoms with Crippen LogP contribution in [0.4, 0.5) is 10.3 Å². The molecule has 1 fully saturated rings. The number of hydrogen-bond donors (Lipinski definition) is 0. The first kappa shape index (κ1) is 23.7. The minimum Gasteiger partial charge on any atom is -0.439 e. The lowest BCUT2D eigenvalue weighted by atomic mass is 10.1. The van der Waals surface area contributed by atoms with Crippen molar-refractivity contribution >= 4 is 16.0 Å². The highest BCUT2D eigenvalue weighted by Crippen LogP contribution is 2.33. The van der Waals surface area contributed by atoms with Crippen LogP contribution < -0.4 is 9.64 Å². The Balaban J connectivity index is 1.50. The SMILES string of the molecule is Cc1ccc(Oc2nc(N3CCN(C)CC3)nc3c2CN(S(=O)(=O)c2ccc(F)cc2)CC3)cc1. The second-order valence-electron chi connectivity index (χ2n) is 9.00. The van der Waals surface area contributed by atoms with E-state index in [1.807, 2.05) is 31.2 Å². The maximum absolute atomic E-state index is 13.4. The lowest BCUT2D eigenvalue weighted by Gasteiger charge is -2.34. The molecule has 0 spiro atoms. The van der Waals surface area contributed by atoms with Crippen molar-refractivity contribution in [2.75, 3.05) is 44.7 Å². The molecule has 0 unspecified atom stereocenters. The predicted molar refractivity (Wildman–Crippen MR) is 131 cm³/mol. The summed E-state index contributed by atoms with van der Waals surface area (Å²) in [5.74, 6) is 1.12. The van der Waals surface area contributed by atoms with E-state index < -0.39 is 15.8 Å². The zero-order valence-electron chi connectivity index (χ0n) is 19.8. The Labute approximate surface area is 205 Å². The minimum atomic E-state index is -3.81. The summed E-state index contributed by atoms with van der Waals surface area (Å²) in [6.45, 7) is 5.81. The van der Waals surface area contributed by atoms with E-state index in [0.29, 0.717) is 29.6 Å². The van der Waals surface area contributed by atoms with Gasteiger partial charge in [0.1, 0.15) is 11.6 Å². The van der Waals surface area contributed by atoms with Gasteiger partial charge in [-0.2, -0.15) is 9.29 Å². The van der Waals surface area contributed by atoms with Gasteiger partial charge in [-0.3, -0.25) is 0 Å². The molecule has 0 N–H and O–H groups in total. The monoisotopic (exact) mass is 497 g/mol. The Bertz CT molecular complexity index is 1310. The number of fused-ring (bicyclic) bond motifs is 1. The number of ether oxygens (including phenoxy) is 1. The summed E-state index contributed by atoms with van der Waals surface area (Å²) in [6.07, 6.45) is 0.434. The highest BCUT2D eigenvalue weighted by molar-refractivity contribution is 7.89. The number of anilines is 1. The molecule has 184 valence electrons. The van der Waals surface area contributed by atoms with Gasteiger partial charge < -0.3 is 14.5 Å². The molecule has 0 radical (unpaired) electrons. The van der Waals surface area contributed by atoms with E-state index in [0.717, 1.165) is 49.6 Å². The molecular formula is C25H28FN5O3S. The van der Waals surface area contributed by atoms with E-state index in [9.17, 15) is 12.8 Å². The quantitative estimate of drug-likeness (QED) is 0.536. The van der Waals surface area contributed by atoms with Gasteiger partial charge >= 0.3 is 0 Å². The highest BCUT2D eigenvalue weighted by atomic mass is 32.2. The summed E-state index contributed by atoms with van der Waals surface area (Å²) in [6, 6.07) is 12.5. The van der Waals surface area contributed by atoms with Crippen molar-refractivity contribution in [1.29, 1.82) is 0 Å². The molecule has 2 aliphatic rings. The molecule has 3 aromatic rings. The van der Waals surface area contributed by atoms with Crippen LogP contribution in [0, 0.1) is 12.7 Å². The maximum atomic E-state index is 13.4. The van der Waals surface area contributed by atoms with Gasteiger partial charge in [0.25, 0.3) is 0 Å². The van der Waals surface area contributed by atoms with Crippen molar-refractivity contribution in [3.8, 4) is 11.6 Å². The number of likely N-dealkylation sites (N-methyl/N-ethyl adjacent to an activating group) is 1. The summed E-state index contributed by atoms with van der Waals surface area (Å²) in [4.78, 5) is 14.0. The number of nitrogens with zero attached hydrogens (tertiary/aromatic N) is 5. The van der Waals surface area contributed by atoms with Crippen molar-refractivity contribution in [2.45, 2.75) is 24.8 Å². The normalized spacial score (nSPS) is 17.3. The Morgan fingerprint density at radius 3 is 2.29 bits per heavy atom. The second-order valence-corrected chi connectivity index (χ2v) is 10.9. The lowest BCUT2D eigenvalue weighted by Crippen LogP contribution is -2.45. The molecule has 5 rings (SSSR count). The van der Waals surface area contributed by atoms with E-state index in [4.69, 9.17) is 14.7 Å². The first-order valence-corrected chi connectivity index (χ1v) is 13.1. The van der Waals surface area contributed by atoms with Gasteiger partial charge in [-0.05, 0) is 50.4 Å². The summed E-state index contributed by atoms with van der Waals surface area (Å²) < 4.78 is 47.5. The predicted octanol–water partition coefficient (Wildman–Crippen LogP) is 3.22. The van der Waals surface area contributed by atoms with Crippen molar-refractivity contribution in [1.82, 2.24) is 19.2 Å². The van der Waals surface area contributed by atoms with E-state index in [1.165, 1.54) is 16.4 Å². The average molecular weight is 498 g/mol. The highest BCUT2D eigenvalue weighted by Gasteiger charge is 2.33. The zero-order valence-corrected chi connectivity index (χ0v) is 20.6. The van der Waals surface area contributed by atoms with E-state index in [1.54, 1.807) is 0 Å². The molecule has 0 aliphatic carbocycles. The Morgan fingerprint density at radius 1 is 0.914 bits per heavy atom. The molecular weight excluding hydrogens is 469 g/mol. The van der Waals surface area contributed by atoms with Crippen molar-refractivity contribution in [3.63, 3.8) is 0 Å². The van der Waals surface area contributed by atoms with Gasteiger partial charge in [-0.15, -0.1) is 0 Å². The molecule has 35 heavy (non-hydrogen) atoms. The fraction of sp³-hybridized carbons (Fsp3) is 0.360. The smallest absolute Gasteiger partial charge is 0.243 e. The third kappa shape index (κ3) is 5.00. The van der Waals surface area contributed by atoms with Crippen LogP contribution in [-0.2, 0) is 23.0 Å². The third-order valence-corrected chi connectivity index (χ3v) is 8.31. The van der Waals surface area contributed by atoms with Crippen LogP contribution in [0.5, 0.6) is 11.6 Å². The van der Waals surface area contributed by atoms with Crippen LogP contribution in [0.1, 0.15) is 16.8 Å².